The number of hydrogen-bond acceptors (Lipinski definition) is 7. The van der Waals surface area contributed by atoms with Gasteiger partial charge in [0.2, 0.25) is 5.91 Å². The lowest BCUT2D eigenvalue weighted by atomic mass is 10.2. The summed E-state index contributed by atoms with van der Waals surface area (Å²) < 4.78 is 23.9. The van der Waals surface area contributed by atoms with Crippen LogP contribution in [0.3, 0.4) is 0 Å². The quantitative estimate of drug-likeness (QED) is 0.608. The molecule has 0 fully saturated rings. The summed E-state index contributed by atoms with van der Waals surface area (Å²) in [6, 6.07) is 7.75. The zero-order valence-corrected chi connectivity index (χ0v) is 16.2. The van der Waals surface area contributed by atoms with Gasteiger partial charge in [-0.2, -0.15) is 0 Å². The van der Waals surface area contributed by atoms with Gasteiger partial charge >= 0.3 is 0 Å². The SMILES string of the molecule is CCS(=O)(=O)c1ccc(O)c(NC(=O)Cc2csc(-c3cccs3)n2)c1. The number of benzene rings is 1. The Bertz CT molecular complexity index is 1020. The molecule has 2 N–H and O–H groups in total. The fourth-order valence-electron chi connectivity index (χ4n) is 2.24. The van der Waals surface area contributed by atoms with Crippen LogP contribution in [0.4, 0.5) is 5.69 Å². The number of carbonyl (C=O) groups excluding carboxylic acids is 1. The Morgan fingerprint density at radius 2 is 2.08 bits per heavy atom. The Labute approximate surface area is 159 Å². The van der Waals surface area contributed by atoms with Crippen molar-refractivity contribution in [3.8, 4) is 15.6 Å². The van der Waals surface area contributed by atoms with E-state index in [0.29, 0.717) is 5.69 Å². The van der Waals surface area contributed by atoms with E-state index < -0.39 is 9.84 Å². The zero-order valence-electron chi connectivity index (χ0n) is 13.8. The zero-order chi connectivity index (χ0) is 18.7. The highest BCUT2D eigenvalue weighted by atomic mass is 32.2. The minimum Gasteiger partial charge on any atom is -0.506 e. The van der Waals surface area contributed by atoms with Gasteiger partial charge in [-0.25, -0.2) is 13.4 Å². The fraction of sp³-hybridized carbons (Fsp3) is 0.176. The predicted octanol–water partition coefficient (Wildman–Crippen LogP) is 3.55. The van der Waals surface area contributed by atoms with Crippen LogP contribution in [0.1, 0.15) is 12.6 Å². The van der Waals surface area contributed by atoms with Crippen LogP contribution in [0, 0.1) is 0 Å². The van der Waals surface area contributed by atoms with Gasteiger partial charge in [-0.1, -0.05) is 13.0 Å². The second kappa shape index (κ2) is 7.56. The molecule has 2 heterocycles. The average molecular weight is 409 g/mol. The molecule has 2 aromatic heterocycles. The molecule has 6 nitrogen and oxygen atoms in total. The smallest absolute Gasteiger partial charge is 0.230 e. The molecular formula is C17H16N2O4S3. The molecule has 136 valence electrons. The molecule has 0 unspecified atom stereocenters. The van der Waals surface area contributed by atoms with Crippen molar-refractivity contribution in [2.75, 3.05) is 11.1 Å². The summed E-state index contributed by atoms with van der Waals surface area (Å²) >= 11 is 3.03. The van der Waals surface area contributed by atoms with Crippen molar-refractivity contribution in [3.63, 3.8) is 0 Å². The van der Waals surface area contributed by atoms with Crippen molar-refractivity contribution in [2.45, 2.75) is 18.2 Å². The van der Waals surface area contributed by atoms with Crippen LogP contribution in [0.25, 0.3) is 9.88 Å². The topological polar surface area (TPSA) is 96.4 Å². The van der Waals surface area contributed by atoms with E-state index in [-0.39, 0.29) is 34.4 Å². The number of phenols is 1. The first-order valence-corrected chi connectivity index (χ1v) is 11.1. The van der Waals surface area contributed by atoms with Crippen LogP contribution in [0.5, 0.6) is 5.75 Å². The number of amides is 1. The highest BCUT2D eigenvalue weighted by Crippen LogP contribution is 2.29. The number of nitrogens with one attached hydrogen (secondary N) is 1. The van der Waals surface area contributed by atoms with Crippen molar-refractivity contribution in [2.24, 2.45) is 0 Å². The highest BCUT2D eigenvalue weighted by molar-refractivity contribution is 7.91. The number of aromatic hydroxyl groups is 1. The highest BCUT2D eigenvalue weighted by Gasteiger charge is 2.16. The van der Waals surface area contributed by atoms with Gasteiger partial charge in [0, 0.05) is 5.38 Å². The Morgan fingerprint density at radius 3 is 2.77 bits per heavy atom. The average Bonchev–Trinajstić information content (AvgIpc) is 3.28. The van der Waals surface area contributed by atoms with Crippen LogP contribution in [0.2, 0.25) is 0 Å². The molecule has 1 amide bonds. The number of thiophene rings is 1. The number of phenolic OH excluding ortho intramolecular Hbond substituents is 1. The summed E-state index contributed by atoms with van der Waals surface area (Å²) in [6.07, 6.45) is 0.0338. The largest absolute Gasteiger partial charge is 0.506 e. The van der Waals surface area contributed by atoms with Gasteiger partial charge in [0.25, 0.3) is 0 Å². The molecule has 0 atom stereocenters. The van der Waals surface area contributed by atoms with Crippen molar-refractivity contribution < 1.29 is 18.3 Å². The summed E-state index contributed by atoms with van der Waals surface area (Å²) in [5.74, 6) is -0.629. The molecule has 0 aliphatic rings. The van der Waals surface area contributed by atoms with Crippen molar-refractivity contribution >= 4 is 44.1 Å². The minimum atomic E-state index is -3.43. The van der Waals surface area contributed by atoms with E-state index in [2.05, 4.69) is 10.3 Å². The molecule has 0 spiro atoms. The number of aromatic nitrogens is 1. The Kier molecular flexibility index (Phi) is 5.40. The standard InChI is InChI=1S/C17H16N2O4S3/c1-2-26(22,23)12-5-6-14(20)13(9-12)19-16(21)8-11-10-25-17(18-11)15-4-3-7-24-15/h3-7,9-10,20H,2,8H2,1H3,(H,19,21). The minimum absolute atomic E-state index is 0.0338. The third-order valence-electron chi connectivity index (χ3n) is 3.61. The molecule has 0 aliphatic heterocycles. The molecule has 26 heavy (non-hydrogen) atoms. The summed E-state index contributed by atoms with van der Waals surface area (Å²) in [4.78, 5) is 17.8. The van der Waals surface area contributed by atoms with Crippen molar-refractivity contribution in [1.29, 1.82) is 0 Å². The third kappa shape index (κ3) is 4.12. The van der Waals surface area contributed by atoms with Crippen LogP contribution in [-0.2, 0) is 21.1 Å². The number of anilines is 1. The normalized spacial score (nSPS) is 11.4. The van der Waals surface area contributed by atoms with Crippen LogP contribution < -0.4 is 5.32 Å². The van der Waals surface area contributed by atoms with Gasteiger partial charge in [-0.3, -0.25) is 4.79 Å². The van der Waals surface area contributed by atoms with Gasteiger partial charge in [0.15, 0.2) is 9.84 Å². The molecule has 0 saturated heterocycles. The van der Waals surface area contributed by atoms with Gasteiger partial charge in [-0.05, 0) is 29.6 Å². The number of nitrogens with zero attached hydrogens (tertiary/aromatic N) is 1. The number of rotatable bonds is 6. The first-order chi connectivity index (χ1) is 12.4. The van der Waals surface area contributed by atoms with E-state index in [1.54, 1.807) is 11.3 Å². The Hall–Kier alpha value is -2.23. The molecule has 0 saturated carbocycles. The lowest BCUT2D eigenvalue weighted by Gasteiger charge is -2.09. The maximum atomic E-state index is 12.3. The second-order valence-electron chi connectivity index (χ2n) is 5.43. The number of hydrogen-bond donors (Lipinski definition) is 2. The van der Waals surface area contributed by atoms with Gasteiger partial charge in [0.05, 0.1) is 33.3 Å². The maximum Gasteiger partial charge on any atom is 0.230 e. The van der Waals surface area contributed by atoms with Crippen molar-refractivity contribution in [1.82, 2.24) is 4.98 Å². The van der Waals surface area contributed by atoms with E-state index in [1.807, 2.05) is 22.9 Å². The van der Waals surface area contributed by atoms with Gasteiger partial charge < -0.3 is 10.4 Å². The molecule has 9 heteroatoms. The van der Waals surface area contributed by atoms with Crippen LogP contribution in [0.15, 0.2) is 46.0 Å². The molecule has 0 radical (unpaired) electrons. The number of carbonyl (C=O) groups is 1. The first-order valence-electron chi connectivity index (χ1n) is 7.73. The molecule has 3 rings (SSSR count). The van der Waals surface area contributed by atoms with E-state index in [0.717, 1.165) is 9.88 Å². The summed E-state index contributed by atoms with van der Waals surface area (Å²) in [5.41, 5.74) is 0.686. The van der Waals surface area contributed by atoms with E-state index >= 15 is 0 Å². The van der Waals surface area contributed by atoms with Crippen molar-refractivity contribution in [3.05, 3.63) is 46.8 Å². The van der Waals surface area contributed by atoms with Gasteiger partial charge in [-0.15, -0.1) is 22.7 Å². The van der Waals surface area contributed by atoms with Crippen LogP contribution in [-0.4, -0.2) is 30.2 Å². The Balaban J connectivity index is 1.73. The Morgan fingerprint density at radius 1 is 1.27 bits per heavy atom. The van der Waals surface area contributed by atoms with Crippen LogP contribution >= 0.6 is 22.7 Å². The van der Waals surface area contributed by atoms with E-state index in [1.165, 1.54) is 36.5 Å². The molecule has 1 aromatic carbocycles. The third-order valence-corrected chi connectivity index (χ3v) is 7.27. The fourth-order valence-corrected chi connectivity index (χ4v) is 4.78. The number of thiazole rings is 1. The maximum absolute atomic E-state index is 12.3. The molecule has 0 aliphatic carbocycles. The van der Waals surface area contributed by atoms with Gasteiger partial charge in [0.1, 0.15) is 10.8 Å². The lowest BCUT2D eigenvalue weighted by molar-refractivity contribution is -0.115. The summed E-state index contributed by atoms with van der Waals surface area (Å²) in [5, 5.41) is 17.1. The molecular weight excluding hydrogens is 392 g/mol. The predicted molar refractivity (Wildman–Crippen MR) is 104 cm³/mol. The molecule has 0 bridgehead atoms. The van der Waals surface area contributed by atoms with E-state index in [4.69, 9.17) is 0 Å². The monoisotopic (exact) mass is 408 g/mol. The molecule has 3 aromatic rings. The second-order valence-corrected chi connectivity index (χ2v) is 9.51. The summed E-state index contributed by atoms with van der Waals surface area (Å²) in [6.45, 7) is 1.54. The lowest BCUT2D eigenvalue weighted by Crippen LogP contribution is -2.15. The number of sulfone groups is 1. The summed E-state index contributed by atoms with van der Waals surface area (Å²) in [7, 11) is -3.43. The first kappa shape index (κ1) is 18.6. The van der Waals surface area contributed by atoms with E-state index in [9.17, 15) is 18.3 Å².